The molecule has 1 aromatic carbocycles. The van der Waals surface area contributed by atoms with Crippen molar-refractivity contribution in [3.8, 4) is 0 Å². The number of fused-ring (bicyclic) bond motifs is 1. The summed E-state index contributed by atoms with van der Waals surface area (Å²) in [5.41, 5.74) is 7.17. The van der Waals surface area contributed by atoms with Crippen LogP contribution in [0.25, 0.3) is 10.9 Å². The summed E-state index contributed by atoms with van der Waals surface area (Å²) in [4.78, 5) is 14.8. The second-order valence-corrected chi connectivity index (χ2v) is 9.56. The van der Waals surface area contributed by atoms with Crippen LogP contribution in [0.5, 0.6) is 0 Å². The predicted molar refractivity (Wildman–Crippen MR) is 135 cm³/mol. The highest BCUT2D eigenvalue weighted by Crippen LogP contribution is 2.34. The minimum atomic E-state index is 0.473. The van der Waals surface area contributed by atoms with Gasteiger partial charge in [0.1, 0.15) is 0 Å². The Balaban J connectivity index is 1.64. The van der Waals surface area contributed by atoms with Gasteiger partial charge in [0.2, 0.25) is 0 Å². The summed E-state index contributed by atoms with van der Waals surface area (Å²) in [6.45, 7) is 7.31. The van der Waals surface area contributed by atoms with Crippen LogP contribution in [0.3, 0.4) is 0 Å². The van der Waals surface area contributed by atoms with Crippen LogP contribution in [0, 0.1) is 13.8 Å². The molecule has 0 spiro atoms. The van der Waals surface area contributed by atoms with Crippen LogP contribution in [-0.4, -0.2) is 41.0 Å². The van der Waals surface area contributed by atoms with E-state index in [1.807, 2.05) is 0 Å². The van der Waals surface area contributed by atoms with Crippen molar-refractivity contribution < 1.29 is 0 Å². The van der Waals surface area contributed by atoms with E-state index in [0.29, 0.717) is 12.1 Å². The summed E-state index contributed by atoms with van der Waals surface area (Å²) < 4.78 is 0. The van der Waals surface area contributed by atoms with Crippen LogP contribution in [0.1, 0.15) is 61.7 Å². The van der Waals surface area contributed by atoms with Crippen molar-refractivity contribution in [2.45, 2.75) is 77.9 Å². The van der Waals surface area contributed by atoms with Crippen molar-refractivity contribution in [3.05, 3.63) is 65.1 Å². The summed E-state index contributed by atoms with van der Waals surface area (Å²) in [6.07, 6.45) is 7.30. The molecular formula is C28H38N4. The first-order valence-electron chi connectivity index (χ1n) is 12.2. The fraction of sp³-hybridized carbons (Fsp3) is 0.500. The lowest BCUT2D eigenvalue weighted by Crippen LogP contribution is -2.51. The van der Waals surface area contributed by atoms with Gasteiger partial charge in [0, 0.05) is 42.5 Å². The number of benzene rings is 1. The smallest absolute Gasteiger partial charge is 0.0941 e. The lowest BCUT2D eigenvalue weighted by molar-refractivity contribution is 0.158. The molecule has 4 rings (SSSR count). The van der Waals surface area contributed by atoms with Gasteiger partial charge in [0.25, 0.3) is 0 Å². The summed E-state index contributed by atoms with van der Waals surface area (Å²) in [5, 5.41) is 1.31. The number of rotatable bonds is 7. The van der Waals surface area contributed by atoms with Gasteiger partial charge >= 0.3 is 0 Å². The normalized spacial score (nSPS) is 18.9. The average Bonchev–Trinajstić information content (AvgIpc) is 2.79. The van der Waals surface area contributed by atoms with Gasteiger partial charge in [-0.15, -0.1) is 0 Å². The number of pyridine rings is 2. The molecule has 1 fully saturated rings. The maximum Gasteiger partial charge on any atom is 0.0941 e. The molecule has 3 aromatic rings. The highest BCUT2D eigenvalue weighted by molar-refractivity contribution is 5.93. The predicted octanol–water partition coefficient (Wildman–Crippen LogP) is 6.08. The van der Waals surface area contributed by atoms with Crippen molar-refractivity contribution in [2.75, 3.05) is 19.0 Å². The lowest BCUT2D eigenvalue weighted by Gasteiger charge is -2.43. The third-order valence-corrected chi connectivity index (χ3v) is 7.08. The van der Waals surface area contributed by atoms with E-state index in [1.165, 1.54) is 42.3 Å². The monoisotopic (exact) mass is 430 g/mol. The Kier molecular flexibility index (Phi) is 7.10. The number of nitrogens with zero attached hydrogens (tertiary/aromatic N) is 4. The van der Waals surface area contributed by atoms with Crippen LogP contribution < -0.4 is 4.90 Å². The Morgan fingerprint density at radius 2 is 1.62 bits per heavy atom. The molecule has 0 unspecified atom stereocenters. The Bertz CT molecular complexity index is 1060. The Hall–Kier alpha value is -2.46. The number of hydrogen-bond acceptors (Lipinski definition) is 4. The zero-order valence-electron chi connectivity index (χ0n) is 20.4. The first-order chi connectivity index (χ1) is 15.5. The van der Waals surface area contributed by atoms with Gasteiger partial charge in [0.05, 0.1) is 16.9 Å². The van der Waals surface area contributed by atoms with E-state index in [2.05, 4.69) is 87.1 Å². The molecule has 0 amide bonds. The number of anilines is 1. The summed E-state index contributed by atoms with van der Waals surface area (Å²) in [5.74, 6) is 0. The zero-order valence-corrected chi connectivity index (χ0v) is 20.4. The Morgan fingerprint density at radius 3 is 2.38 bits per heavy atom. The number of hydrogen-bond donors (Lipinski definition) is 0. The zero-order chi connectivity index (χ0) is 22.7. The minimum Gasteiger partial charge on any atom is -0.368 e. The molecule has 0 bridgehead atoms. The van der Waals surface area contributed by atoms with Crippen molar-refractivity contribution in [1.82, 2.24) is 14.9 Å². The van der Waals surface area contributed by atoms with Crippen LogP contribution >= 0.6 is 0 Å². The molecule has 1 saturated carbocycles. The van der Waals surface area contributed by atoms with Gasteiger partial charge in [0.15, 0.2) is 0 Å². The average molecular weight is 431 g/mol. The van der Waals surface area contributed by atoms with Crippen molar-refractivity contribution in [1.29, 1.82) is 0 Å². The molecule has 0 aliphatic heterocycles. The van der Waals surface area contributed by atoms with E-state index in [9.17, 15) is 0 Å². The largest absolute Gasteiger partial charge is 0.368 e. The molecule has 4 nitrogen and oxygen atoms in total. The summed E-state index contributed by atoms with van der Waals surface area (Å²) >= 11 is 0. The van der Waals surface area contributed by atoms with Gasteiger partial charge in [-0.2, -0.15) is 0 Å². The third kappa shape index (κ3) is 4.80. The molecule has 0 radical (unpaired) electrons. The number of likely N-dealkylation sites (N-methyl/N-ethyl adjacent to an activating group) is 2. The Morgan fingerprint density at radius 1 is 0.875 bits per heavy atom. The van der Waals surface area contributed by atoms with E-state index in [1.54, 1.807) is 0 Å². The van der Waals surface area contributed by atoms with E-state index in [-0.39, 0.29) is 0 Å². The van der Waals surface area contributed by atoms with Crippen LogP contribution in [0.4, 0.5) is 5.69 Å². The van der Waals surface area contributed by atoms with E-state index < -0.39 is 0 Å². The second-order valence-electron chi connectivity index (χ2n) is 9.56. The van der Waals surface area contributed by atoms with Gasteiger partial charge in [-0.05, 0) is 70.0 Å². The highest BCUT2D eigenvalue weighted by Gasteiger charge is 2.32. The maximum atomic E-state index is 5.02. The quantitative estimate of drug-likeness (QED) is 0.455. The van der Waals surface area contributed by atoms with Gasteiger partial charge < -0.3 is 4.90 Å². The molecule has 1 aliphatic rings. The fourth-order valence-corrected chi connectivity index (χ4v) is 5.43. The molecule has 0 saturated heterocycles. The van der Waals surface area contributed by atoms with Crippen LogP contribution in [0.2, 0.25) is 0 Å². The molecule has 2 aromatic heterocycles. The molecule has 170 valence electrons. The van der Waals surface area contributed by atoms with Gasteiger partial charge in [-0.25, -0.2) is 0 Å². The molecular weight excluding hydrogens is 392 g/mol. The van der Waals surface area contributed by atoms with Crippen molar-refractivity contribution in [3.63, 3.8) is 0 Å². The Labute approximate surface area is 193 Å². The van der Waals surface area contributed by atoms with E-state index >= 15 is 0 Å². The van der Waals surface area contributed by atoms with Gasteiger partial charge in [-0.3, -0.25) is 14.9 Å². The number of aryl methyl sites for hydroxylation is 3. The molecule has 2 heterocycles. The highest BCUT2D eigenvalue weighted by atomic mass is 15.2. The minimum absolute atomic E-state index is 0.473. The maximum absolute atomic E-state index is 5.02. The molecule has 4 heteroatoms. The molecule has 0 N–H and O–H groups in total. The van der Waals surface area contributed by atoms with E-state index in [4.69, 9.17) is 9.97 Å². The molecule has 1 aliphatic carbocycles. The topological polar surface area (TPSA) is 32.3 Å². The first-order valence-corrected chi connectivity index (χ1v) is 12.2. The molecule has 32 heavy (non-hydrogen) atoms. The fourth-order valence-electron chi connectivity index (χ4n) is 5.43. The second kappa shape index (κ2) is 9.99. The first kappa shape index (κ1) is 22.7. The van der Waals surface area contributed by atoms with Crippen LogP contribution in [0.15, 0.2) is 42.5 Å². The van der Waals surface area contributed by atoms with Gasteiger partial charge in [-0.1, -0.05) is 44.4 Å². The van der Waals surface area contributed by atoms with Crippen LogP contribution in [-0.2, 0) is 13.0 Å². The van der Waals surface area contributed by atoms with E-state index in [0.717, 1.165) is 42.0 Å². The standard InChI is InChI=1S/C28H38N4/c1-6-10-22-16-18-27(28-24(22)17-15-21(3)30-28)32(5)26-14-8-7-13-25(26)31(4)19-23-12-9-11-20(2)29-23/h9,11-12,15-18,25-26H,6-8,10,13-14,19H2,1-5H3/t25-,26-/m0/s1. The lowest BCUT2D eigenvalue weighted by atomic mass is 9.87. The SMILES string of the molecule is CCCc1ccc(N(C)[C@H]2CCCC[C@@H]2N(C)Cc2cccc(C)n2)c2nc(C)ccc12. The summed E-state index contributed by atoms with van der Waals surface area (Å²) in [6, 6.07) is 16.4. The molecule has 2 atom stereocenters. The third-order valence-electron chi connectivity index (χ3n) is 7.08. The van der Waals surface area contributed by atoms with Crippen molar-refractivity contribution in [2.24, 2.45) is 0 Å². The number of aromatic nitrogens is 2. The summed E-state index contributed by atoms with van der Waals surface area (Å²) in [7, 11) is 4.55. The van der Waals surface area contributed by atoms with Crippen molar-refractivity contribution >= 4 is 16.6 Å².